The molecule has 0 bridgehead atoms. The van der Waals surface area contributed by atoms with E-state index < -0.39 is 11.7 Å². The van der Waals surface area contributed by atoms with Crippen molar-refractivity contribution in [2.75, 3.05) is 11.9 Å². The number of thiophene rings is 1. The van der Waals surface area contributed by atoms with Crippen LogP contribution in [0.4, 0.5) is 18.9 Å². The Morgan fingerprint density at radius 2 is 1.89 bits per heavy atom. The second kappa shape index (κ2) is 6.67. The zero-order valence-electron chi connectivity index (χ0n) is 15.1. The number of hydrogen-bond acceptors (Lipinski definition) is 3. The maximum atomic E-state index is 13.0. The maximum Gasteiger partial charge on any atom is 0.416 e. The molecule has 1 aromatic heterocycles. The number of carbonyl (C=O) groups is 1. The molecule has 0 unspecified atom stereocenters. The molecule has 0 atom stereocenters. The van der Waals surface area contributed by atoms with Gasteiger partial charge in [0.25, 0.3) is 5.91 Å². The van der Waals surface area contributed by atoms with Gasteiger partial charge in [-0.3, -0.25) is 4.79 Å². The van der Waals surface area contributed by atoms with Gasteiger partial charge in [-0.1, -0.05) is 18.2 Å². The summed E-state index contributed by atoms with van der Waals surface area (Å²) in [6.07, 6.45) is -4.46. The minimum absolute atomic E-state index is 0.194. The predicted molar refractivity (Wildman–Crippen MR) is 103 cm³/mol. The van der Waals surface area contributed by atoms with Crippen molar-refractivity contribution in [2.45, 2.75) is 19.7 Å². The molecule has 1 amide bonds. The second-order valence-corrected chi connectivity index (χ2v) is 7.67. The van der Waals surface area contributed by atoms with E-state index in [9.17, 15) is 18.0 Å². The van der Waals surface area contributed by atoms with Gasteiger partial charge in [0.15, 0.2) is 0 Å². The Bertz CT molecular complexity index is 1070. The molecule has 0 saturated carbocycles. The summed E-state index contributed by atoms with van der Waals surface area (Å²) >= 11 is 1.34. The largest absolute Gasteiger partial charge is 0.488 e. The van der Waals surface area contributed by atoms with Crippen LogP contribution in [0, 0.1) is 6.92 Å². The first-order chi connectivity index (χ1) is 13.3. The molecule has 2 heterocycles. The highest BCUT2D eigenvalue weighted by Crippen LogP contribution is 2.44. The van der Waals surface area contributed by atoms with Crippen LogP contribution in [0.25, 0.3) is 10.4 Å². The summed E-state index contributed by atoms with van der Waals surface area (Å²) in [7, 11) is 1.48. The van der Waals surface area contributed by atoms with Gasteiger partial charge in [0.05, 0.1) is 10.4 Å². The number of carbonyl (C=O) groups excluding carboxylic acids is 1. The lowest BCUT2D eigenvalue weighted by Gasteiger charge is -2.19. The molecule has 0 aliphatic carbocycles. The van der Waals surface area contributed by atoms with Crippen molar-refractivity contribution in [1.82, 2.24) is 0 Å². The van der Waals surface area contributed by atoms with Crippen LogP contribution in [-0.4, -0.2) is 13.0 Å². The highest BCUT2D eigenvalue weighted by atomic mass is 32.1. The lowest BCUT2D eigenvalue weighted by Crippen LogP contribution is -2.25. The average Bonchev–Trinajstić information content (AvgIpc) is 3.10. The van der Waals surface area contributed by atoms with Gasteiger partial charge in [0.1, 0.15) is 12.4 Å². The Labute approximate surface area is 164 Å². The average molecular weight is 403 g/mol. The third-order valence-corrected chi connectivity index (χ3v) is 5.91. The number of benzene rings is 2. The lowest BCUT2D eigenvalue weighted by atomic mass is 10.0. The first-order valence-electron chi connectivity index (χ1n) is 8.56. The smallest absolute Gasteiger partial charge is 0.416 e. The number of hydrogen-bond donors (Lipinski definition) is 0. The highest BCUT2D eigenvalue weighted by Gasteiger charge is 2.31. The van der Waals surface area contributed by atoms with Crippen LogP contribution in [0.3, 0.4) is 0 Å². The van der Waals surface area contributed by atoms with Crippen LogP contribution in [0.2, 0.25) is 0 Å². The number of ether oxygens (including phenoxy) is 1. The Kier molecular flexibility index (Phi) is 4.42. The van der Waals surface area contributed by atoms with Gasteiger partial charge in [-0.25, -0.2) is 0 Å². The van der Waals surface area contributed by atoms with Crippen molar-refractivity contribution in [1.29, 1.82) is 0 Å². The van der Waals surface area contributed by atoms with Crippen LogP contribution in [0.15, 0.2) is 48.5 Å². The molecule has 3 nitrogen and oxygen atoms in total. The number of aryl methyl sites for hydroxylation is 1. The SMILES string of the molecule is Cc1cccc2c1-c1sc(C(=O)N(C)c3cccc(C(F)(F)F)c3)cc1CO2. The van der Waals surface area contributed by atoms with Crippen molar-refractivity contribution in [3.63, 3.8) is 0 Å². The molecular formula is C21H16F3NO2S. The monoisotopic (exact) mass is 403 g/mol. The number of halogens is 3. The molecule has 0 fully saturated rings. The van der Waals surface area contributed by atoms with E-state index in [1.807, 2.05) is 25.1 Å². The molecule has 4 rings (SSSR count). The zero-order chi connectivity index (χ0) is 20.1. The summed E-state index contributed by atoms with van der Waals surface area (Å²) in [4.78, 5) is 15.6. The van der Waals surface area contributed by atoms with Crippen LogP contribution in [-0.2, 0) is 12.8 Å². The van der Waals surface area contributed by atoms with E-state index in [0.717, 1.165) is 39.4 Å². The van der Waals surface area contributed by atoms with Crippen LogP contribution >= 0.6 is 11.3 Å². The quantitative estimate of drug-likeness (QED) is 0.532. The standard InChI is InChI=1S/C21H16F3NO2S/c1-12-5-3-8-16-18(12)19-13(11-27-16)9-17(28-19)20(26)25(2)15-7-4-6-14(10-15)21(22,23)24/h3-10H,11H2,1-2H3. The number of anilines is 1. The van der Waals surface area contributed by atoms with Crippen molar-refractivity contribution >= 4 is 22.9 Å². The fourth-order valence-electron chi connectivity index (χ4n) is 3.23. The summed E-state index contributed by atoms with van der Waals surface area (Å²) in [6, 6.07) is 12.3. The Morgan fingerprint density at radius 1 is 1.14 bits per heavy atom. The molecule has 1 aliphatic rings. The molecule has 2 aromatic carbocycles. The minimum Gasteiger partial charge on any atom is -0.488 e. The fourth-order valence-corrected chi connectivity index (χ4v) is 4.49. The predicted octanol–water partition coefficient (Wildman–Crippen LogP) is 5.91. The van der Waals surface area contributed by atoms with Gasteiger partial charge in [0, 0.05) is 28.7 Å². The molecule has 144 valence electrons. The summed E-state index contributed by atoms with van der Waals surface area (Å²) in [5.41, 5.74) is 2.33. The summed E-state index contributed by atoms with van der Waals surface area (Å²) in [5.74, 6) is 0.424. The van der Waals surface area contributed by atoms with E-state index in [1.165, 1.54) is 35.4 Å². The van der Waals surface area contributed by atoms with Gasteiger partial charge in [-0.05, 0) is 42.8 Å². The number of rotatable bonds is 2. The third-order valence-electron chi connectivity index (χ3n) is 4.73. The van der Waals surface area contributed by atoms with Crippen LogP contribution in [0.1, 0.15) is 26.4 Å². The van der Waals surface area contributed by atoms with E-state index in [1.54, 1.807) is 6.07 Å². The molecule has 0 N–H and O–H groups in total. The zero-order valence-corrected chi connectivity index (χ0v) is 15.9. The highest BCUT2D eigenvalue weighted by molar-refractivity contribution is 7.17. The molecule has 3 aromatic rings. The summed E-state index contributed by atoms with van der Waals surface area (Å²) in [6.45, 7) is 2.34. The van der Waals surface area contributed by atoms with E-state index in [0.29, 0.717) is 11.5 Å². The molecule has 1 aliphatic heterocycles. The van der Waals surface area contributed by atoms with Gasteiger partial charge in [0.2, 0.25) is 0 Å². The summed E-state index contributed by atoms with van der Waals surface area (Å²) < 4.78 is 44.7. The third kappa shape index (κ3) is 3.16. The van der Waals surface area contributed by atoms with Crippen molar-refractivity contribution in [3.05, 3.63) is 70.1 Å². The lowest BCUT2D eigenvalue weighted by molar-refractivity contribution is -0.137. The second-order valence-electron chi connectivity index (χ2n) is 6.61. The Balaban J connectivity index is 1.68. The molecule has 7 heteroatoms. The minimum atomic E-state index is -4.46. The van der Waals surface area contributed by atoms with Crippen molar-refractivity contribution in [2.24, 2.45) is 0 Å². The van der Waals surface area contributed by atoms with Crippen LogP contribution in [0.5, 0.6) is 5.75 Å². The van der Waals surface area contributed by atoms with Crippen LogP contribution < -0.4 is 9.64 Å². The van der Waals surface area contributed by atoms with Gasteiger partial charge >= 0.3 is 6.18 Å². The van der Waals surface area contributed by atoms with Crippen molar-refractivity contribution in [3.8, 4) is 16.2 Å². The Morgan fingerprint density at radius 3 is 2.64 bits per heavy atom. The first kappa shape index (κ1) is 18.6. The number of alkyl halides is 3. The van der Waals surface area contributed by atoms with E-state index >= 15 is 0 Å². The molecule has 28 heavy (non-hydrogen) atoms. The maximum absolute atomic E-state index is 13.0. The number of fused-ring (bicyclic) bond motifs is 3. The number of nitrogens with zero attached hydrogens (tertiary/aromatic N) is 1. The normalized spacial score (nSPS) is 12.8. The molecule has 0 saturated heterocycles. The summed E-state index contributed by atoms with van der Waals surface area (Å²) in [5, 5.41) is 0. The van der Waals surface area contributed by atoms with Gasteiger partial charge in [-0.15, -0.1) is 11.3 Å². The fraction of sp³-hybridized carbons (Fsp3) is 0.190. The Hall–Kier alpha value is -2.80. The van der Waals surface area contributed by atoms with E-state index in [4.69, 9.17) is 4.74 Å². The number of amides is 1. The van der Waals surface area contributed by atoms with Gasteiger partial charge in [-0.2, -0.15) is 13.2 Å². The van der Waals surface area contributed by atoms with E-state index in [2.05, 4.69) is 0 Å². The van der Waals surface area contributed by atoms with Crippen molar-refractivity contribution < 1.29 is 22.7 Å². The molecule has 0 spiro atoms. The van der Waals surface area contributed by atoms with Gasteiger partial charge < -0.3 is 9.64 Å². The topological polar surface area (TPSA) is 29.5 Å². The molecule has 0 radical (unpaired) electrons. The molecular weight excluding hydrogens is 387 g/mol. The van der Waals surface area contributed by atoms with E-state index in [-0.39, 0.29) is 11.6 Å². The first-order valence-corrected chi connectivity index (χ1v) is 9.38.